The maximum atomic E-state index is 4.30. The summed E-state index contributed by atoms with van der Waals surface area (Å²) in [6.45, 7) is 6.44. The smallest absolute Gasteiger partial charge is 0.115 e. The highest BCUT2D eigenvalue weighted by Crippen LogP contribution is 2.20. The van der Waals surface area contributed by atoms with Crippen LogP contribution in [0.2, 0.25) is 0 Å². The molecule has 4 heteroatoms. The fourth-order valence-electron chi connectivity index (χ4n) is 1.48. The van der Waals surface area contributed by atoms with Crippen LogP contribution in [0.25, 0.3) is 0 Å². The van der Waals surface area contributed by atoms with E-state index in [9.17, 15) is 0 Å². The van der Waals surface area contributed by atoms with Crippen molar-refractivity contribution < 1.29 is 0 Å². The number of hydrogen-bond donors (Lipinski definition) is 1. The van der Waals surface area contributed by atoms with Gasteiger partial charge in [0.2, 0.25) is 0 Å². The molecule has 4 nitrogen and oxygen atoms in total. The number of aromatic nitrogens is 4. The summed E-state index contributed by atoms with van der Waals surface area (Å²) in [4.78, 5) is 8.57. The van der Waals surface area contributed by atoms with E-state index in [2.05, 4.69) is 47.0 Å². The van der Waals surface area contributed by atoms with Gasteiger partial charge >= 0.3 is 0 Å². The first-order chi connectivity index (χ1) is 7.55. The number of nitrogens with zero attached hydrogens (tertiary/aromatic N) is 3. The molecule has 0 bridgehead atoms. The summed E-state index contributed by atoms with van der Waals surface area (Å²) < 4.78 is 0. The van der Waals surface area contributed by atoms with Crippen molar-refractivity contribution in [2.75, 3.05) is 0 Å². The first kappa shape index (κ1) is 10.8. The number of hydrogen-bond acceptors (Lipinski definition) is 3. The molecule has 0 aromatic carbocycles. The second-order valence-electron chi connectivity index (χ2n) is 4.90. The molecule has 0 radical (unpaired) electrons. The summed E-state index contributed by atoms with van der Waals surface area (Å²) in [5, 5.41) is 6.85. The Hall–Kier alpha value is -1.71. The molecule has 2 rings (SSSR count). The van der Waals surface area contributed by atoms with Gasteiger partial charge in [-0.3, -0.25) is 5.10 Å². The summed E-state index contributed by atoms with van der Waals surface area (Å²) in [5.74, 6) is 0. The minimum Gasteiger partial charge on any atom is -0.282 e. The molecule has 0 fully saturated rings. The predicted molar refractivity (Wildman–Crippen MR) is 62.1 cm³/mol. The molecule has 2 aromatic rings. The van der Waals surface area contributed by atoms with Gasteiger partial charge in [-0.2, -0.15) is 5.10 Å². The van der Waals surface area contributed by atoms with Crippen LogP contribution in [-0.2, 0) is 11.8 Å². The second-order valence-corrected chi connectivity index (χ2v) is 4.90. The molecule has 0 amide bonds. The highest BCUT2D eigenvalue weighted by atomic mass is 15.1. The average molecular weight is 216 g/mol. The Morgan fingerprint density at radius 2 is 2.06 bits per heavy atom. The van der Waals surface area contributed by atoms with Crippen molar-refractivity contribution in [3.63, 3.8) is 0 Å². The van der Waals surface area contributed by atoms with Crippen molar-refractivity contribution in [2.24, 2.45) is 0 Å². The van der Waals surface area contributed by atoms with Crippen molar-refractivity contribution in [2.45, 2.75) is 32.6 Å². The monoisotopic (exact) mass is 216 g/mol. The van der Waals surface area contributed by atoms with Gasteiger partial charge in [-0.05, 0) is 12.1 Å². The van der Waals surface area contributed by atoms with Gasteiger partial charge in [0.1, 0.15) is 6.33 Å². The lowest BCUT2D eigenvalue weighted by atomic mass is 9.91. The van der Waals surface area contributed by atoms with Crippen LogP contribution < -0.4 is 0 Å². The van der Waals surface area contributed by atoms with Gasteiger partial charge in [0.05, 0.1) is 0 Å². The molecular formula is C12H16N4. The van der Waals surface area contributed by atoms with Crippen LogP contribution in [0, 0.1) is 0 Å². The third kappa shape index (κ3) is 2.45. The Balaban J connectivity index is 2.23. The number of aromatic amines is 1. The van der Waals surface area contributed by atoms with Gasteiger partial charge in [-0.25, -0.2) is 9.97 Å². The maximum Gasteiger partial charge on any atom is 0.115 e. The second kappa shape index (κ2) is 4.04. The Kier molecular flexibility index (Phi) is 2.73. The fourth-order valence-corrected chi connectivity index (χ4v) is 1.48. The van der Waals surface area contributed by atoms with Crippen LogP contribution in [0.1, 0.15) is 37.9 Å². The van der Waals surface area contributed by atoms with Gasteiger partial charge in [0.15, 0.2) is 0 Å². The molecule has 0 aliphatic carbocycles. The summed E-state index contributed by atoms with van der Waals surface area (Å²) >= 11 is 0. The van der Waals surface area contributed by atoms with Gasteiger partial charge < -0.3 is 0 Å². The largest absolute Gasteiger partial charge is 0.282 e. The van der Waals surface area contributed by atoms with Crippen molar-refractivity contribution in [3.05, 3.63) is 41.7 Å². The summed E-state index contributed by atoms with van der Waals surface area (Å²) in [6.07, 6.45) is 4.15. The van der Waals surface area contributed by atoms with Crippen LogP contribution >= 0.6 is 0 Å². The zero-order valence-electron chi connectivity index (χ0n) is 9.86. The third-order valence-electron chi connectivity index (χ3n) is 2.42. The number of nitrogens with one attached hydrogen (secondary N) is 1. The molecule has 0 unspecified atom stereocenters. The van der Waals surface area contributed by atoms with Crippen LogP contribution in [0.3, 0.4) is 0 Å². The highest BCUT2D eigenvalue weighted by molar-refractivity contribution is 5.19. The molecule has 1 N–H and O–H groups in total. The van der Waals surface area contributed by atoms with Crippen molar-refractivity contribution in [1.29, 1.82) is 0 Å². The average Bonchev–Trinajstić information content (AvgIpc) is 2.70. The zero-order valence-corrected chi connectivity index (χ0v) is 9.86. The minimum atomic E-state index is 0.0612. The standard InChI is InChI=1S/C12H16N4/c1-12(2,3)11-7-10(13-8-14-11)6-9-4-5-15-16-9/h4-5,7-8H,6H2,1-3H3,(H,15,16). The molecule has 0 atom stereocenters. The number of rotatable bonds is 2. The van der Waals surface area contributed by atoms with E-state index in [1.54, 1.807) is 12.5 Å². The van der Waals surface area contributed by atoms with E-state index in [0.717, 1.165) is 23.5 Å². The highest BCUT2D eigenvalue weighted by Gasteiger charge is 2.15. The zero-order chi connectivity index (χ0) is 11.6. The van der Waals surface area contributed by atoms with E-state index in [-0.39, 0.29) is 5.41 Å². The molecule has 2 aromatic heterocycles. The Labute approximate surface area is 95.1 Å². The molecule has 0 saturated carbocycles. The van der Waals surface area contributed by atoms with Gasteiger partial charge in [0, 0.05) is 35.1 Å². The Morgan fingerprint density at radius 1 is 1.25 bits per heavy atom. The summed E-state index contributed by atoms with van der Waals surface area (Å²) in [5.41, 5.74) is 3.21. The van der Waals surface area contributed by atoms with Crippen LogP contribution in [0.4, 0.5) is 0 Å². The molecule has 0 aliphatic heterocycles. The lowest BCUT2D eigenvalue weighted by molar-refractivity contribution is 0.565. The first-order valence-electron chi connectivity index (χ1n) is 5.35. The molecule has 0 saturated heterocycles. The van der Waals surface area contributed by atoms with E-state index in [4.69, 9.17) is 0 Å². The van der Waals surface area contributed by atoms with Crippen LogP contribution in [0.15, 0.2) is 24.7 Å². The minimum absolute atomic E-state index is 0.0612. The van der Waals surface area contributed by atoms with Crippen LogP contribution in [0.5, 0.6) is 0 Å². The summed E-state index contributed by atoms with van der Waals surface area (Å²) in [6, 6.07) is 4.01. The molecule has 0 aliphatic rings. The Morgan fingerprint density at radius 3 is 2.69 bits per heavy atom. The van der Waals surface area contributed by atoms with E-state index < -0.39 is 0 Å². The molecule has 16 heavy (non-hydrogen) atoms. The first-order valence-corrected chi connectivity index (χ1v) is 5.35. The van der Waals surface area contributed by atoms with Gasteiger partial charge in [0.25, 0.3) is 0 Å². The predicted octanol–water partition coefficient (Wildman–Crippen LogP) is 2.09. The number of H-pyrrole nitrogens is 1. The van der Waals surface area contributed by atoms with E-state index in [0.29, 0.717) is 0 Å². The van der Waals surface area contributed by atoms with E-state index in [1.807, 2.05) is 6.07 Å². The fraction of sp³-hybridized carbons (Fsp3) is 0.417. The lowest BCUT2D eigenvalue weighted by Gasteiger charge is -2.17. The van der Waals surface area contributed by atoms with E-state index in [1.165, 1.54) is 0 Å². The van der Waals surface area contributed by atoms with Crippen molar-refractivity contribution in [3.8, 4) is 0 Å². The van der Waals surface area contributed by atoms with Crippen LogP contribution in [-0.4, -0.2) is 20.2 Å². The molecule has 84 valence electrons. The van der Waals surface area contributed by atoms with Crippen molar-refractivity contribution >= 4 is 0 Å². The molecular weight excluding hydrogens is 200 g/mol. The van der Waals surface area contributed by atoms with Gasteiger partial charge in [-0.15, -0.1) is 0 Å². The Bertz CT molecular complexity index is 454. The molecule has 2 heterocycles. The van der Waals surface area contributed by atoms with E-state index >= 15 is 0 Å². The third-order valence-corrected chi connectivity index (χ3v) is 2.42. The SMILES string of the molecule is CC(C)(C)c1cc(Cc2ccn[nH]2)ncn1. The van der Waals surface area contributed by atoms with Crippen molar-refractivity contribution in [1.82, 2.24) is 20.2 Å². The quantitative estimate of drug-likeness (QED) is 0.836. The topological polar surface area (TPSA) is 54.5 Å². The normalized spacial score (nSPS) is 11.7. The lowest BCUT2D eigenvalue weighted by Crippen LogP contribution is -2.14. The van der Waals surface area contributed by atoms with Gasteiger partial charge in [-0.1, -0.05) is 20.8 Å². The summed E-state index contributed by atoms with van der Waals surface area (Å²) in [7, 11) is 0. The maximum absolute atomic E-state index is 4.30. The molecule has 0 spiro atoms.